The molecule has 3 aliphatic rings. The van der Waals surface area contributed by atoms with E-state index in [1.807, 2.05) is 0 Å². The number of carbonyl (C=O) groups is 7. The van der Waals surface area contributed by atoms with Crippen molar-refractivity contribution in [3.63, 3.8) is 0 Å². The molecule has 25 nitrogen and oxygen atoms in total. The van der Waals surface area contributed by atoms with Gasteiger partial charge in [-0.05, 0) is 68.7 Å². The zero-order valence-corrected chi connectivity index (χ0v) is 45.0. The maximum Gasteiger partial charge on any atom is 0.248 e. The Morgan fingerprint density at radius 3 is 1.97 bits per heavy atom. The molecule has 0 aliphatic carbocycles. The number of carbonyl (C=O) groups excluding carboxylic acids is 7. The van der Waals surface area contributed by atoms with Gasteiger partial charge in [-0.2, -0.15) is 0 Å². The highest BCUT2D eigenvalue weighted by Gasteiger charge is 2.49. The third kappa shape index (κ3) is 18.8. The Hall–Kier alpha value is -5.09. The molecule has 77 heavy (non-hydrogen) atoms. The summed E-state index contributed by atoms with van der Waals surface area (Å²) in [7, 11) is 0. The van der Waals surface area contributed by atoms with Crippen molar-refractivity contribution in [1.29, 1.82) is 0 Å². The number of aromatic hydroxyl groups is 1. The van der Waals surface area contributed by atoms with Crippen LogP contribution < -0.4 is 43.4 Å². The molecule has 7 amide bonds. The van der Waals surface area contributed by atoms with Gasteiger partial charge in [0.05, 0.1) is 30.5 Å². The maximum atomic E-state index is 14.6. The lowest BCUT2D eigenvalue weighted by atomic mass is 9.91. The van der Waals surface area contributed by atoms with E-state index in [2.05, 4.69) is 52.7 Å². The number of aliphatic hydroxyl groups is 7. The Bertz CT molecular complexity index is 2070. The Labute approximate surface area is 450 Å². The first-order valence-corrected chi connectivity index (χ1v) is 27.3. The summed E-state index contributed by atoms with van der Waals surface area (Å²) in [5, 5.41) is 104. The molecular formula is C52H88N10O15. The van der Waals surface area contributed by atoms with Crippen molar-refractivity contribution in [3.05, 3.63) is 29.8 Å². The molecular weight excluding hydrogens is 1000 g/mol. The monoisotopic (exact) mass is 1090 g/mol. The maximum absolute atomic E-state index is 14.6. The molecule has 1 aromatic carbocycles. The third-order valence-corrected chi connectivity index (χ3v) is 14.9. The second-order valence-electron chi connectivity index (χ2n) is 21.3. The lowest BCUT2D eigenvalue weighted by Gasteiger charge is -2.35. The van der Waals surface area contributed by atoms with Crippen molar-refractivity contribution >= 4 is 41.4 Å². The number of phenolic OH excluding ortho intramolecular Hbond substituents is 1. The topological polar surface area (TPSA) is 412 Å². The first-order valence-electron chi connectivity index (χ1n) is 27.3. The molecule has 3 aliphatic heterocycles. The van der Waals surface area contributed by atoms with Gasteiger partial charge in [-0.3, -0.25) is 38.9 Å². The molecule has 4 rings (SSSR count). The molecule has 0 radical (unpaired) electrons. The lowest BCUT2D eigenvalue weighted by molar-refractivity contribution is -0.148. The lowest BCUT2D eigenvalue weighted by Crippen LogP contribution is -2.65. The number of nitrogens with zero attached hydrogens (tertiary/aromatic N) is 2. The van der Waals surface area contributed by atoms with Gasteiger partial charge in [0.15, 0.2) is 0 Å². The first-order chi connectivity index (χ1) is 36.5. The van der Waals surface area contributed by atoms with E-state index in [1.165, 1.54) is 30.7 Å². The van der Waals surface area contributed by atoms with Crippen LogP contribution in [0.5, 0.6) is 5.75 Å². The number of amides is 7. The molecule has 0 saturated carbocycles. The fraction of sp³-hybridized carbons (Fsp3) is 0.750. The number of benzene rings is 1. The van der Waals surface area contributed by atoms with E-state index in [0.717, 1.165) is 55.2 Å². The molecule has 0 spiro atoms. The van der Waals surface area contributed by atoms with Gasteiger partial charge in [0.2, 0.25) is 41.4 Å². The van der Waals surface area contributed by atoms with Crippen LogP contribution in [0.1, 0.15) is 129 Å². The summed E-state index contributed by atoms with van der Waals surface area (Å²) in [6, 6.07) is -6.40. The predicted octanol–water partition coefficient (Wildman–Crippen LogP) is -3.31. The number of rotatable bonds is 23. The summed E-state index contributed by atoms with van der Waals surface area (Å²) in [5.41, 5.74) is 11.5. The summed E-state index contributed by atoms with van der Waals surface area (Å²) in [6.45, 7) is 6.73. The van der Waals surface area contributed by atoms with Gasteiger partial charge in [-0.1, -0.05) is 77.8 Å². The van der Waals surface area contributed by atoms with Gasteiger partial charge >= 0.3 is 0 Å². The Balaban J connectivity index is 1.73. The quantitative estimate of drug-likeness (QED) is 0.0477. The minimum absolute atomic E-state index is 0.0257. The number of aliphatic hydroxyl groups excluding tert-OH is 7. The highest BCUT2D eigenvalue weighted by Crippen LogP contribution is 2.27. The van der Waals surface area contributed by atoms with Crippen molar-refractivity contribution in [2.75, 3.05) is 32.7 Å². The van der Waals surface area contributed by atoms with E-state index >= 15 is 0 Å². The molecule has 16 atom stereocenters. The fourth-order valence-electron chi connectivity index (χ4n) is 10.2. The van der Waals surface area contributed by atoms with Crippen LogP contribution in [-0.4, -0.2) is 204 Å². The van der Waals surface area contributed by atoms with Crippen LogP contribution in [0.15, 0.2) is 24.3 Å². The number of phenols is 1. The van der Waals surface area contributed by atoms with Crippen LogP contribution in [0.4, 0.5) is 0 Å². The summed E-state index contributed by atoms with van der Waals surface area (Å²) < 4.78 is 0. The van der Waals surface area contributed by atoms with Crippen molar-refractivity contribution in [2.24, 2.45) is 23.3 Å². The minimum atomic E-state index is -2.28. The number of unbranched alkanes of at least 4 members (excludes halogenated alkanes) is 5. The molecule has 0 bridgehead atoms. The van der Waals surface area contributed by atoms with E-state index in [-0.39, 0.29) is 56.8 Å². The second-order valence-corrected chi connectivity index (χ2v) is 21.3. The van der Waals surface area contributed by atoms with Gasteiger partial charge in [0.25, 0.3) is 0 Å². The molecule has 436 valence electrons. The highest BCUT2D eigenvalue weighted by molar-refractivity contribution is 5.98. The SMILES string of the molecule is CCC(C)CC(C)CCCCCCCCC(=O)N[C@H]1C[C@@H](O)[C@H](NCCN)NC(=O)[C@@H]2[C@@H](O)CCN2C(=O)[C@H]([C@@H](O)CCN)NC(=O)[C@H]([C@H](O)[C@@H](O)c2ccc(O)cc2)NC(=O)[C@@H]2C[C@@H](O)CN2C(=O)[C@H]([C@@H](C)O)NC1=O. The summed E-state index contributed by atoms with van der Waals surface area (Å²) in [4.78, 5) is 102. The zero-order valence-electron chi connectivity index (χ0n) is 45.0. The average Bonchev–Trinajstić information content (AvgIpc) is 3.99. The van der Waals surface area contributed by atoms with Crippen LogP contribution >= 0.6 is 0 Å². The Morgan fingerprint density at radius 2 is 1.34 bits per heavy atom. The van der Waals surface area contributed by atoms with Crippen molar-refractivity contribution < 1.29 is 74.4 Å². The molecule has 1 aromatic rings. The highest BCUT2D eigenvalue weighted by atomic mass is 16.3. The number of hydrogen-bond acceptors (Lipinski definition) is 18. The molecule has 25 heteroatoms. The van der Waals surface area contributed by atoms with Gasteiger partial charge in [-0.15, -0.1) is 0 Å². The zero-order chi connectivity index (χ0) is 57.1. The number of nitrogens with two attached hydrogens (primary N) is 2. The largest absolute Gasteiger partial charge is 0.508 e. The van der Waals surface area contributed by atoms with Gasteiger partial charge in [0.1, 0.15) is 60.4 Å². The predicted molar refractivity (Wildman–Crippen MR) is 280 cm³/mol. The number of nitrogens with one attached hydrogen (secondary N) is 6. The van der Waals surface area contributed by atoms with Gasteiger partial charge in [0, 0.05) is 45.4 Å². The molecule has 18 N–H and O–H groups in total. The summed E-state index contributed by atoms with van der Waals surface area (Å²) in [5.74, 6) is -6.43. The van der Waals surface area contributed by atoms with Crippen LogP contribution in [0.25, 0.3) is 0 Å². The summed E-state index contributed by atoms with van der Waals surface area (Å²) in [6.07, 6.45) is -6.95. The molecule has 3 saturated heterocycles. The fourth-order valence-corrected chi connectivity index (χ4v) is 10.2. The Morgan fingerprint density at radius 1 is 0.714 bits per heavy atom. The summed E-state index contributed by atoms with van der Waals surface area (Å²) >= 11 is 0. The normalized spacial score (nSPS) is 28.6. The van der Waals surface area contributed by atoms with E-state index in [9.17, 15) is 74.4 Å². The van der Waals surface area contributed by atoms with Crippen LogP contribution in [0.3, 0.4) is 0 Å². The molecule has 3 heterocycles. The van der Waals surface area contributed by atoms with Gasteiger partial charge in [-0.25, -0.2) is 0 Å². The molecule has 0 aromatic heterocycles. The number of hydrogen-bond donors (Lipinski definition) is 16. The third-order valence-electron chi connectivity index (χ3n) is 14.9. The van der Waals surface area contributed by atoms with E-state index in [1.54, 1.807) is 0 Å². The van der Waals surface area contributed by atoms with E-state index < -0.39 is 146 Å². The van der Waals surface area contributed by atoms with Crippen LogP contribution in [-0.2, 0) is 33.6 Å². The smallest absolute Gasteiger partial charge is 0.248 e. The first kappa shape index (κ1) is 64.4. The van der Waals surface area contributed by atoms with E-state index in [0.29, 0.717) is 24.7 Å². The van der Waals surface area contributed by atoms with Gasteiger partial charge < -0.3 is 88.7 Å². The second kappa shape index (κ2) is 31.5. The average molecular weight is 1090 g/mol. The van der Waals surface area contributed by atoms with Crippen LogP contribution in [0, 0.1) is 11.8 Å². The van der Waals surface area contributed by atoms with Crippen molar-refractivity contribution in [1.82, 2.24) is 41.7 Å². The minimum Gasteiger partial charge on any atom is -0.508 e. The standard InChI is InChI=1S/C52H88N10O15/c1-5-28(2)24-29(3)12-10-8-6-7-9-11-13-39(69)56-34-26-38(68)46(55-22-21-54)60-50(75)43-37(67)19-23-61(43)52(77)41(36(66)18-20-53)58-49(74)42(45(71)44(70)31-14-16-32(64)17-15-31)59-48(73)35-25-33(65)27-62(35)51(76)40(30(4)63)57-47(34)72/h14-17,28-30,33-38,40-46,55,63-68,70-71H,5-13,18-27,53-54H2,1-4H3,(H,56,69)(H,57,72)(H,58,74)(H,59,73)(H,60,75)/t28?,29?,30-,33-,34+,35+,36+,37+,38-,40+,41+,42+,43+,44+,45+,46-/m1/s1. The van der Waals surface area contributed by atoms with E-state index in [4.69, 9.17) is 11.5 Å². The van der Waals surface area contributed by atoms with Crippen molar-refractivity contribution in [2.45, 2.75) is 203 Å². The number of fused-ring (bicyclic) bond motifs is 2. The Kier molecular flexibility index (Phi) is 26.4. The molecule has 2 unspecified atom stereocenters. The van der Waals surface area contributed by atoms with Crippen LogP contribution in [0.2, 0.25) is 0 Å². The van der Waals surface area contributed by atoms with Crippen molar-refractivity contribution in [3.8, 4) is 5.75 Å². The molecule has 3 fully saturated rings.